The van der Waals surface area contributed by atoms with Gasteiger partial charge < -0.3 is 10.1 Å². The Morgan fingerprint density at radius 2 is 1.76 bits per heavy atom. The van der Waals surface area contributed by atoms with Gasteiger partial charge in [-0.25, -0.2) is 13.2 Å². The standard InChI is InChI=1S/C16H16F3NO/c1-10(20-2)13-5-4-12(8-15(13)18)21-9-11-3-6-14(17)16(19)7-11/h3-8,10,20H,9H2,1-2H3. The second-order valence-corrected chi connectivity index (χ2v) is 4.73. The van der Waals surface area contributed by atoms with Crippen molar-refractivity contribution in [2.45, 2.75) is 19.6 Å². The number of rotatable bonds is 5. The zero-order chi connectivity index (χ0) is 15.4. The van der Waals surface area contributed by atoms with E-state index >= 15 is 0 Å². The fraction of sp³-hybridized carbons (Fsp3) is 0.250. The van der Waals surface area contributed by atoms with Crippen molar-refractivity contribution in [2.75, 3.05) is 7.05 Å². The molecule has 0 saturated carbocycles. The monoisotopic (exact) mass is 295 g/mol. The highest BCUT2D eigenvalue weighted by molar-refractivity contribution is 5.31. The van der Waals surface area contributed by atoms with E-state index in [0.29, 0.717) is 16.9 Å². The average Bonchev–Trinajstić information content (AvgIpc) is 2.48. The molecule has 2 aromatic rings. The summed E-state index contributed by atoms with van der Waals surface area (Å²) < 4.78 is 45.1. The maximum absolute atomic E-state index is 13.9. The molecule has 112 valence electrons. The van der Waals surface area contributed by atoms with Crippen LogP contribution in [-0.2, 0) is 6.61 Å². The van der Waals surface area contributed by atoms with Gasteiger partial charge in [0.25, 0.3) is 0 Å². The minimum absolute atomic E-state index is 0.0393. The van der Waals surface area contributed by atoms with E-state index in [-0.39, 0.29) is 18.5 Å². The topological polar surface area (TPSA) is 21.3 Å². The molecule has 0 radical (unpaired) electrons. The van der Waals surface area contributed by atoms with Gasteiger partial charge in [-0.1, -0.05) is 12.1 Å². The third-order valence-corrected chi connectivity index (χ3v) is 3.26. The molecule has 21 heavy (non-hydrogen) atoms. The van der Waals surface area contributed by atoms with Crippen molar-refractivity contribution in [1.29, 1.82) is 0 Å². The number of nitrogens with one attached hydrogen (secondary N) is 1. The second kappa shape index (κ2) is 6.63. The molecular formula is C16H16F3NO. The van der Waals surface area contributed by atoms with Gasteiger partial charge in [0.05, 0.1) is 0 Å². The Morgan fingerprint density at radius 1 is 1.00 bits per heavy atom. The lowest BCUT2D eigenvalue weighted by atomic mass is 10.1. The van der Waals surface area contributed by atoms with Crippen molar-refractivity contribution in [3.8, 4) is 5.75 Å². The Morgan fingerprint density at radius 3 is 2.38 bits per heavy atom. The Balaban J connectivity index is 2.06. The number of ether oxygens (including phenoxy) is 1. The van der Waals surface area contributed by atoms with E-state index in [9.17, 15) is 13.2 Å². The number of halogens is 3. The van der Waals surface area contributed by atoms with Gasteiger partial charge in [-0.05, 0) is 37.7 Å². The van der Waals surface area contributed by atoms with Crippen LogP contribution in [-0.4, -0.2) is 7.05 Å². The van der Waals surface area contributed by atoms with E-state index in [2.05, 4.69) is 5.32 Å². The largest absolute Gasteiger partial charge is 0.489 e. The highest BCUT2D eigenvalue weighted by atomic mass is 19.2. The van der Waals surface area contributed by atoms with Gasteiger partial charge in [0.1, 0.15) is 18.2 Å². The van der Waals surface area contributed by atoms with E-state index in [0.717, 1.165) is 12.1 Å². The fourth-order valence-electron chi connectivity index (χ4n) is 1.90. The number of hydrogen-bond acceptors (Lipinski definition) is 2. The molecule has 0 spiro atoms. The third-order valence-electron chi connectivity index (χ3n) is 3.26. The van der Waals surface area contributed by atoms with E-state index in [1.54, 1.807) is 19.2 Å². The quantitative estimate of drug-likeness (QED) is 0.901. The number of hydrogen-bond donors (Lipinski definition) is 1. The minimum Gasteiger partial charge on any atom is -0.489 e. The SMILES string of the molecule is CNC(C)c1ccc(OCc2ccc(F)c(F)c2)cc1F. The van der Waals surface area contributed by atoms with Crippen LogP contribution >= 0.6 is 0 Å². The summed E-state index contributed by atoms with van der Waals surface area (Å²) in [4.78, 5) is 0. The van der Waals surface area contributed by atoms with E-state index in [1.165, 1.54) is 12.1 Å². The zero-order valence-electron chi connectivity index (χ0n) is 11.8. The summed E-state index contributed by atoms with van der Waals surface area (Å²) in [6, 6.07) is 7.97. The molecule has 0 aliphatic heterocycles. The molecular weight excluding hydrogens is 279 g/mol. The van der Waals surface area contributed by atoms with Crippen LogP contribution in [0.2, 0.25) is 0 Å². The van der Waals surface area contributed by atoms with Crippen molar-refractivity contribution in [1.82, 2.24) is 5.32 Å². The lowest BCUT2D eigenvalue weighted by Gasteiger charge is -2.13. The summed E-state index contributed by atoms with van der Waals surface area (Å²) in [5, 5.41) is 2.95. The first kappa shape index (κ1) is 15.4. The Labute approximate surface area is 121 Å². The summed E-state index contributed by atoms with van der Waals surface area (Å²) in [6.45, 7) is 1.89. The van der Waals surface area contributed by atoms with Gasteiger partial charge in [-0.2, -0.15) is 0 Å². The van der Waals surface area contributed by atoms with E-state index in [4.69, 9.17) is 4.74 Å². The van der Waals surface area contributed by atoms with Crippen LogP contribution in [0.5, 0.6) is 5.75 Å². The Kier molecular flexibility index (Phi) is 4.85. The van der Waals surface area contributed by atoms with Crippen LogP contribution in [0.1, 0.15) is 24.1 Å². The third kappa shape index (κ3) is 3.76. The first-order valence-electron chi connectivity index (χ1n) is 6.54. The van der Waals surface area contributed by atoms with Gasteiger partial charge in [0, 0.05) is 17.7 Å². The second-order valence-electron chi connectivity index (χ2n) is 4.73. The van der Waals surface area contributed by atoms with Gasteiger partial charge in [0.15, 0.2) is 11.6 Å². The number of benzene rings is 2. The van der Waals surface area contributed by atoms with Gasteiger partial charge in [-0.15, -0.1) is 0 Å². The lowest BCUT2D eigenvalue weighted by Crippen LogP contribution is -2.13. The van der Waals surface area contributed by atoms with E-state index in [1.807, 2.05) is 6.92 Å². The zero-order valence-corrected chi connectivity index (χ0v) is 11.8. The summed E-state index contributed by atoms with van der Waals surface area (Å²) in [6.07, 6.45) is 0. The molecule has 2 aromatic carbocycles. The first-order chi connectivity index (χ1) is 10.0. The molecule has 0 bridgehead atoms. The summed E-state index contributed by atoms with van der Waals surface area (Å²) >= 11 is 0. The molecule has 0 aliphatic rings. The normalized spacial score (nSPS) is 12.2. The molecule has 1 atom stereocenters. The molecule has 0 heterocycles. The summed E-state index contributed by atoms with van der Waals surface area (Å²) in [7, 11) is 1.75. The smallest absolute Gasteiger partial charge is 0.159 e. The Bertz CT molecular complexity index is 631. The average molecular weight is 295 g/mol. The van der Waals surface area contributed by atoms with Crippen LogP contribution in [0.25, 0.3) is 0 Å². The molecule has 0 fully saturated rings. The Hall–Kier alpha value is -2.01. The first-order valence-corrected chi connectivity index (χ1v) is 6.54. The molecule has 0 amide bonds. The van der Waals surface area contributed by atoms with Crippen molar-refractivity contribution in [3.63, 3.8) is 0 Å². The van der Waals surface area contributed by atoms with Crippen molar-refractivity contribution >= 4 is 0 Å². The van der Waals surface area contributed by atoms with Crippen molar-refractivity contribution in [3.05, 3.63) is 65.0 Å². The molecule has 2 nitrogen and oxygen atoms in total. The van der Waals surface area contributed by atoms with Crippen molar-refractivity contribution in [2.24, 2.45) is 0 Å². The van der Waals surface area contributed by atoms with Crippen LogP contribution in [0.4, 0.5) is 13.2 Å². The van der Waals surface area contributed by atoms with Gasteiger partial charge in [0.2, 0.25) is 0 Å². The molecule has 1 N–H and O–H groups in total. The molecule has 0 aliphatic carbocycles. The molecule has 2 rings (SSSR count). The fourth-order valence-corrected chi connectivity index (χ4v) is 1.90. The minimum atomic E-state index is -0.930. The summed E-state index contributed by atoms with van der Waals surface area (Å²) in [5.74, 6) is -1.88. The van der Waals surface area contributed by atoms with Crippen LogP contribution < -0.4 is 10.1 Å². The molecule has 5 heteroatoms. The van der Waals surface area contributed by atoms with Gasteiger partial charge >= 0.3 is 0 Å². The lowest BCUT2D eigenvalue weighted by molar-refractivity contribution is 0.303. The molecule has 0 saturated heterocycles. The predicted octanol–water partition coefficient (Wildman–Crippen LogP) is 3.96. The van der Waals surface area contributed by atoms with E-state index < -0.39 is 11.6 Å². The highest BCUT2D eigenvalue weighted by Crippen LogP contribution is 2.22. The maximum Gasteiger partial charge on any atom is 0.159 e. The van der Waals surface area contributed by atoms with Crippen LogP contribution in [0.3, 0.4) is 0 Å². The molecule has 1 unspecified atom stereocenters. The maximum atomic E-state index is 13.9. The van der Waals surface area contributed by atoms with Crippen molar-refractivity contribution < 1.29 is 17.9 Å². The van der Waals surface area contributed by atoms with Crippen LogP contribution in [0.15, 0.2) is 36.4 Å². The van der Waals surface area contributed by atoms with Crippen LogP contribution in [0, 0.1) is 17.5 Å². The van der Waals surface area contributed by atoms with Gasteiger partial charge in [-0.3, -0.25) is 0 Å². The predicted molar refractivity (Wildman–Crippen MR) is 74.6 cm³/mol. The highest BCUT2D eigenvalue weighted by Gasteiger charge is 2.10. The molecule has 0 aromatic heterocycles. The summed E-state index contributed by atoms with van der Waals surface area (Å²) in [5.41, 5.74) is 1.01.